The lowest BCUT2D eigenvalue weighted by Crippen LogP contribution is -2.45. The average Bonchev–Trinajstić information content (AvgIpc) is 3.00. The van der Waals surface area contributed by atoms with Crippen LogP contribution in [0.15, 0.2) is 30.7 Å². The average molecular weight is 351 g/mol. The van der Waals surface area contributed by atoms with Crippen molar-refractivity contribution in [2.24, 2.45) is 7.05 Å². The van der Waals surface area contributed by atoms with E-state index in [1.807, 2.05) is 25.1 Å². The molecule has 3 aromatic heterocycles. The summed E-state index contributed by atoms with van der Waals surface area (Å²) >= 11 is 0. The number of carbonyl (C=O) groups excluding carboxylic acids is 1. The molecule has 0 radical (unpaired) electrons. The van der Waals surface area contributed by atoms with Gasteiger partial charge in [-0.1, -0.05) is 0 Å². The van der Waals surface area contributed by atoms with Crippen molar-refractivity contribution < 1.29 is 4.79 Å². The van der Waals surface area contributed by atoms with Crippen LogP contribution in [0.2, 0.25) is 0 Å². The largest absolute Gasteiger partial charge is 0.356 e. The zero-order valence-corrected chi connectivity index (χ0v) is 14.9. The second kappa shape index (κ2) is 6.70. The van der Waals surface area contributed by atoms with E-state index >= 15 is 0 Å². The van der Waals surface area contributed by atoms with Crippen LogP contribution in [0.25, 0.3) is 11.0 Å². The first-order valence-corrected chi connectivity index (χ1v) is 8.74. The molecule has 4 heterocycles. The highest BCUT2D eigenvalue weighted by Gasteiger charge is 2.24. The van der Waals surface area contributed by atoms with Gasteiger partial charge in [-0.2, -0.15) is 5.10 Å². The number of aromatic nitrogens is 5. The fourth-order valence-corrected chi connectivity index (χ4v) is 3.45. The van der Waals surface area contributed by atoms with Gasteiger partial charge >= 0.3 is 0 Å². The molecule has 1 aliphatic rings. The fraction of sp³-hybridized carbons (Fsp3) is 0.389. The molecule has 0 atom stereocenters. The van der Waals surface area contributed by atoms with E-state index in [-0.39, 0.29) is 11.9 Å². The molecule has 1 amide bonds. The number of anilines is 1. The van der Waals surface area contributed by atoms with Crippen molar-refractivity contribution in [2.75, 3.05) is 18.0 Å². The van der Waals surface area contributed by atoms with Crippen LogP contribution in [-0.4, -0.2) is 49.8 Å². The number of rotatable bonds is 3. The maximum absolute atomic E-state index is 12.5. The van der Waals surface area contributed by atoms with Gasteiger partial charge in [0, 0.05) is 32.4 Å². The van der Waals surface area contributed by atoms with E-state index in [1.54, 1.807) is 24.3 Å². The molecule has 0 unspecified atom stereocenters. The van der Waals surface area contributed by atoms with Gasteiger partial charge in [-0.05, 0) is 38.0 Å². The number of piperidine rings is 1. The third-order valence-corrected chi connectivity index (χ3v) is 4.75. The van der Waals surface area contributed by atoms with Crippen molar-refractivity contribution in [1.82, 2.24) is 30.0 Å². The molecule has 0 bridgehead atoms. The van der Waals surface area contributed by atoms with Crippen molar-refractivity contribution in [3.05, 3.63) is 42.1 Å². The predicted octanol–water partition coefficient (Wildman–Crippen LogP) is 1.47. The van der Waals surface area contributed by atoms with Crippen LogP contribution < -0.4 is 10.2 Å². The van der Waals surface area contributed by atoms with Gasteiger partial charge in [0.05, 0.1) is 11.1 Å². The predicted molar refractivity (Wildman–Crippen MR) is 98.0 cm³/mol. The third kappa shape index (κ3) is 3.10. The lowest BCUT2D eigenvalue weighted by Gasteiger charge is -2.33. The molecule has 3 aromatic rings. The van der Waals surface area contributed by atoms with E-state index in [9.17, 15) is 4.79 Å². The molecule has 1 N–H and O–H groups in total. The van der Waals surface area contributed by atoms with Crippen molar-refractivity contribution in [3.8, 4) is 0 Å². The van der Waals surface area contributed by atoms with Crippen molar-refractivity contribution >= 4 is 22.8 Å². The minimum Gasteiger partial charge on any atom is -0.356 e. The Hall–Kier alpha value is -3.03. The number of pyridine rings is 1. The molecule has 0 saturated carbocycles. The standard InChI is InChI=1S/C18H21N7O/c1-12-10-15(24(2)23-12)18(26)22-13-5-8-25(9-6-13)17-14-4-3-7-19-16(14)20-11-21-17/h3-4,7,10-11,13H,5-6,8-9H2,1-2H3,(H,22,26). The van der Waals surface area contributed by atoms with Crippen molar-refractivity contribution in [2.45, 2.75) is 25.8 Å². The summed E-state index contributed by atoms with van der Waals surface area (Å²) in [5, 5.41) is 8.32. The number of hydrogen-bond acceptors (Lipinski definition) is 6. The molecule has 8 heteroatoms. The van der Waals surface area contributed by atoms with E-state index < -0.39 is 0 Å². The molecule has 26 heavy (non-hydrogen) atoms. The first kappa shape index (κ1) is 16.4. The summed E-state index contributed by atoms with van der Waals surface area (Å²) in [5.74, 6) is 0.846. The second-order valence-corrected chi connectivity index (χ2v) is 6.60. The Balaban J connectivity index is 1.42. The van der Waals surface area contributed by atoms with E-state index in [4.69, 9.17) is 0 Å². The molecule has 1 saturated heterocycles. The van der Waals surface area contributed by atoms with Crippen LogP contribution >= 0.6 is 0 Å². The summed E-state index contributed by atoms with van der Waals surface area (Å²) in [5.41, 5.74) is 2.15. The third-order valence-electron chi connectivity index (χ3n) is 4.75. The van der Waals surface area contributed by atoms with Crippen LogP contribution in [0.3, 0.4) is 0 Å². The highest BCUT2D eigenvalue weighted by molar-refractivity contribution is 5.93. The quantitative estimate of drug-likeness (QED) is 0.769. The summed E-state index contributed by atoms with van der Waals surface area (Å²) in [6.07, 6.45) is 5.03. The molecule has 1 aliphatic heterocycles. The molecule has 0 spiro atoms. The van der Waals surface area contributed by atoms with Crippen LogP contribution in [0.4, 0.5) is 5.82 Å². The number of nitrogens with one attached hydrogen (secondary N) is 1. The number of hydrogen-bond donors (Lipinski definition) is 1. The fourth-order valence-electron chi connectivity index (χ4n) is 3.45. The van der Waals surface area contributed by atoms with Gasteiger partial charge < -0.3 is 10.2 Å². The Kier molecular flexibility index (Phi) is 4.24. The number of fused-ring (bicyclic) bond motifs is 1. The van der Waals surface area contributed by atoms with Crippen molar-refractivity contribution in [1.29, 1.82) is 0 Å². The number of carbonyl (C=O) groups is 1. The van der Waals surface area contributed by atoms with Gasteiger partial charge in [0.15, 0.2) is 5.65 Å². The highest BCUT2D eigenvalue weighted by Crippen LogP contribution is 2.24. The first-order chi connectivity index (χ1) is 12.6. The maximum Gasteiger partial charge on any atom is 0.269 e. The normalized spacial score (nSPS) is 15.4. The lowest BCUT2D eigenvalue weighted by molar-refractivity contribution is 0.0921. The number of amides is 1. The van der Waals surface area contributed by atoms with E-state index in [2.05, 4.69) is 30.3 Å². The Morgan fingerprint density at radius 3 is 2.77 bits per heavy atom. The Bertz CT molecular complexity index is 938. The zero-order valence-electron chi connectivity index (χ0n) is 14.9. The summed E-state index contributed by atoms with van der Waals surface area (Å²) in [4.78, 5) is 27.7. The van der Waals surface area contributed by atoms with Crippen LogP contribution in [0.5, 0.6) is 0 Å². The van der Waals surface area contributed by atoms with E-state index in [0.29, 0.717) is 11.3 Å². The van der Waals surface area contributed by atoms with Gasteiger partial charge in [0.1, 0.15) is 17.8 Å². The van der Waals surface area contributed by atoms with Crippen LogP contribution in [-0.2, 0) is 7.05 Å². The van der Waals surface area contributed by atoms with Crippen LogP contribution in [0.1, 0.15) is 29.0 Å². The lowest BCUT2D eigenvalue weighted by atomic mass is 10.0. The smallest absolute Gasteiger partial charge is 0.269 e. The van der Waals surface area contributed by atoms with Crippen LogP contribution in [0, 0.1) is 6.92 Å². The molecule has 8 nitrogen and oxygen atoms in total. The maximum atomic E-state index is 12.5. The summed E-state index contributed by atoms with van der Waals surface area (Å²) in [6, 6.07) is 5.86. The monoisotopic (exact) mass is 351 g/mol. The first-order valence-electron chi connectivity index (χ1n) is 8.74. The second-order valence-electron chi connectivity index (χ2n) is 6.60. The summed E-state index contributed by atoms with van der Waals surface area (Å²) < 4.78 is 1.62. The Labute approximate surface area is 151 Å². The zero-order chi connectivity index (χ0) is 18.1. The van der Waals surface area contributed by atoms with Gasteiger partial charge in [0.25, 0.3) is 5.91 Å². The van der Waals surface area contributed by atoms with Crippen molar-refractivity contribution in [3.63, 3.8) is 0 Å². The Morgan fingerprint density at radius 2 is 2.04 bits per heavy atom. The summed E-state index contributed by atoms with van der Waals surface area (Å²) in [6.45, 7) is 3.54. The molecular formula is C18H21N7O. The van der Waals surface area contributed by atoms with Gasteiger partial charge in [-0.25, -0.2) is 15.0 Å². The molecule has 134 valence electrons. The minimum absolute atomic E-state index is 0.0664. The summed E-state index contributed by atoms with van der Waals surface area (Å²) in [7, 11) is 1.79. The van der Waals surface area contributed by atoms with E-state index in [0.717, 1.165) is 42.8 Å². The molecule has 0 aromatic carbocycles. The minimum atomic E-state index is -0.0664. The molecule has 0 aliphatic carbocycles. The number of nitrogens with zero attached hydrogens (tertiary/aromatic N) is 6. The SMILES string of the molecule is Cc1cc(C(=O)NC2CCN(c3ncnc4ncccc34)CC2)n(C)n1. The molecule has 1 fully saturated rings. The van der Waals surface area contributed by atoms with Gasteiger partial charge in [-0.15, -0.1) is 0 Å². The van der Waals surface area contributed by atoms with Gasteiger partial charge in [-0.3, -0.25) is 9.48 Å². The molecular weight excluding hydrogens is 330 g/mol. The molecule has 4 rings (SSSR count). The van der Waals surface area contributed by atoms with Gasteiger partial charge in [0.2, 0.25) is 0 Å². The Morgan fingerprint density at radius 1 is 1.23 bits per heavy atom. The van der Waals surface area contributed by atoms with E-state index in [1.165, 1.54) is 0 Å². The highest BCUT2D eigenvalue weighted by atomic mass is 16.2. The number of aryl methyl sites for hydroxylation is 2. The topological polar surface area (TPSA) is 88.8 Å².